The minimum Gasteiger partial charge on any atom is -0.369 e. The van der Waals surface area contributed by atoms with Crippen LogP contribution in [0.1, 0.15) is 31.4 Å². The summed E-state index contributed by atoms with van der Waals surface area (Å²) < 4.78 is 2.09. The van der Waals surface area contributed by atoms with Gasteiger partial charge < -0.3 is 5.73 Å². The van der Waals surface area contributed by atoms with E-state index in [1.54, 1.807) is 0 Å². The van der Waals surface area contributed by atoms with Gasteiger partial charge in [-0.15, -0.1) is 0 Å². The number of nitrogens with zero attached hydrogens (tertiary/aromatic N) is 3. The van der Waals surface area contributed by atoms with Crippen LogP contribution in [0.25, 0.3) is 11.2 Å². The van der Waals surface area contributed by atoms with Gasteiger partial charge in [0.25, 0.3) is 0 Å². The number of hydrogen-bond donors (Lipinski definition) is 1. The van der Waals surface area contributed by atoms with Crippen molar-refractivity contribution >= 4 is 17.1 Å². The number of aryl methyl sites for hydroxylation is 1. The zero-order chi connectivity index (χ0) is 11.3. The SMILES string of the molecule is Cc1cnc2c(c1)nc(N)n2C1CC(C)C1. The van der Waals surface area contributed by atoms with E-state index in [4.69, 9.17) is 5.73 Å². The number of nitrogens with two attached hydrogens (primary N) is 1. The largest absolute Gasteiger partial charge is 0.369 e. The third-order valence-electron chi connectivity index (χ3n) is 3.41. The molecule has 2 heterocycles. The van der Waals surface area contributed by atoms with Crippen molar-refractivity contribution < 1.29 is 0 Å². The lowest BCUT2D eigenvalue weighted by Crippen LogP contribution is -2.25. The molecule has 0 spiro atoms. The van der Waals surface area contributed by atoms with Crippen LogP contribution in [-0.4, -0.2) is 14.5 Å². The molecule has 0 aliphatic heterocycles. The van der Waals surface area contributed by atoms with Crippen LogP contribution in [0.2, 0.25) is 0 Å². The maximum atomic E-state index is 5.97. The first-order valence-corrected chi connectivity index (χ1v) is 5.75. The fourth-order valence-corrected chi connectivity index (χ4v) is 2.53. The number of imidazole rings is 1. The summed E-state index contributed by atoms with van der Waals surface area (Å²) in [5, 5.41) is 0. The molecule has 1 fully saturated rings. The molecule has 4 heteroatoms. The summed E-state index contributed by atoms with van der Waals surface area (Å²) in [6, 6.07) is 2.53. The highest BCUT2D eigenvalue weighted by atomic mass is 15.2. The zero-order valence-electron chi connectivity index (χ0n) is 9.64. The molecule has 2 aromatic rings. The summed E-state index contributed by atoms with van der Waals surface area (Å²) in [5.74, 6) is 1.40. The highest BCUT2D eigenvalue weighted by Gasteiger charge is 2.29. The molecule has 2 aromatic heterocycles. The van der Waals surface area contributed by atoms with Crippen molar-refractivity contribution in [1.82, 2.24) is 14.5 Å². The molecule has 0 saturated heterocycles. The van der Waals surface area contributed by atoms with Crippen molar-refractivity contribution in [2.24, 2.45) is 5.92 Å². The average molecular weight is 216 g/mol. The van der Waals surface area contributed by atoms with E-state index in [-0.39, 0.29) is 0 Å². The highest BCUT2D eigenvalue weighted by Crippen LogP contribution is 2.40. The number of hydrogen-bond acceptors (Lipinski definition) is 3. The van der Waals surface area contributed by atoms with Gasteiger partial charge in [-0.05, 0) is 37.3 Å². The molecule has 1 aliphatic rings. The van der Waals surface area contributed by atoms with Gasteiger partial charge in [0, 0.05) is 12.2 Å². The van der Waals surface area contributed by atoms with Crippen LogP contribution in [0.4, 0.5) is 5.95 Å². The number of nitrogen functional groups attached to an aromatic ring is 1. The lowest BCUT2D eigenvalue weighted by atomic mass is 9.82. The summed E-state index contributed by atoms with van der Waals surface area (Å²) in [6.45, 7) is 4.29. The van der Waals surface area contributed by atoms with E-state index in [9.17, 15) is 0 Å². The third kappa shape index (κ3) is 1.29. The number of anilines is 1. The van der Waals surface area contributed by atoms with E-state index in [1.165, 1.54) is 12.8 Å². The third-order valence-corrected chi connectivity index (χ3v) is 3.41. The Morgan fingerprint density at radius 1 is 1.44 bits per heavy atom. The van der Waals surface area contributed by atoms with Gasteiger partial charge in [-0.3, -0.25) is 4.57 Å². The first-order valence-electron chi connectivity index (χ1n) is 5.75. The van der Waals surface area contributed by atoms with Crippen LogP contribution in [0.5, 0.6) is 0 Å². The van der Waals surface area contributed by atoms with Crippen molar-refractivity contribution in [2.45, 2.75) is 32.7 Å². The second-order valence-corrected chi connectivity index (χ2v) is 4.93. The molecule has 0 atom stereocenters. The standard InChI is InChI=1S/C12H16N4/c1-7-3-9(4-7)16-11-10(15-12(16)13)5-8(2)6-14-11/h5-7,9H,3-4H2,1-2H3,(H2,13,15). The smallest absolute Gasteiger partial charge is 0.202 e. The van der Waals surface area contributed by atoms with Gasteiger partial charge in [-0.25, -0.2) is 9.97 Å². The Hall–Kier alpha value is -1.58. The predicted molar refractivity (Wildman–Crippen MR) is 64.1 cm³/mol. The minimum absolute atomic E-state index is 0.496. The monoisotopic (exact) mass is 216 g/mol. The molecule has 84 valence electrons. The molecule has 0 unspecified atom stereocenters. The lowest BCUT2D eigenvalue weighted by molar-refractivity contribution is 0.222. The summed E-state index contributed by atoms with van der Waals surface area (Å²) >= 11 is 0. The minimum atomic E-state index is 0.496. The van der Waals surface area contributed by atoms with Gasteiger partial charge in [0.05, 0.1) is 0 Å². The van der Waals surface area contributed by atoms with Crippen LogP contribution < -0.4 is 5.73 Å². The van der Waals surface area contributed by atoms with E-state index < -0.39 is 0 Å². The maximum absolute atomic E-state index is 5.97. The van der Waals surface area contributed by atoms with Gasteiger partial charge in [0.15, 0.2) is 5.65 Å². The van der Waals surface area contributed by atoms with Crippen molar-refractivity contribution in [3.63, 3.8) is 0 Å². The molecule has 3 rings (SSSR count). The Labute approximate surface area is 94.5 Å². The Bertz CT molecular complexity index is 537. The Balaban J connectivity index is 2.13. The second kappa shape index (κ2) is 3.20. The van der Waals surface area contributed by atoms with Gasteiger partial charge in [-0.2, -0.15) is 0 Å². The summed E-state index contributed by atoms with van der Waals surface area (Å²) in [7, 11) is 0. The highest BCUT2D eigenvalue weighted by molar-refractivity contribution is 5.74. The van der Waals surface area contributed by atoms with Gasteiger partial charge in [0.1, 0.15) is 5.52 Å². The van der Waals surface area contributed by atoms with Crippen molar-refractivity contribution in [2.75, 3.05) is 5.73 Å². The average Bonchev–Trinajstić information content (AvgIpc) is 2.48. The number of fused-ring (bicyclic) bond motifs is 1. The summed E-state index contributed by atoms with van der Waals surface area (Å²) in [5.41, 5.74) is 8.94. The normalized spacial score (nSPS) is 24.6. The van der Waals surface area contributed by atoms with Gasteiger partial charge in [-0.1, -0.05) is 6.92 Å². The van der Waals surface area contributed by atoms with Crippen LogP contribution in [-0.2, 0) is 0 Å². The molecule has 0 radical (unpaired) electrons. The summed E-state index contributed by atoms with van der Waals surface area (Å²) in [6.07, 6.45) is 4.25. The Morgan fingerprint density at radius 2 is 2.19 bits per heavy atom. The molecule has 0 amide bonds. The van der Waals surface area contributed by atoms with E-state index in [2.05, 4.69) is 21.5 Å². The molecular weight excluding hydrogens is 200 g/mol. The Kier molecular flexibility index (Phi) is 1.93. The maximum Gasteiger partial charge on any atom is 0.202 e. The van der Waals surface area contributed by atoms with Crippen molar-refractivity contribution in [3.8, 4) is 0 Å². The zero-order valence-corrected chi connectivity index (χ0v) is 9.64. The molecule has 1 saturated carbocycles. The molecular formula is C12H16N4. The lowest BCUT2D eigenvalue weighted by Gasteiger charge is -2.34. The van der Waals surface area contributed by atoms with Crippen LogP contribution in [0.3, 0.4) is 0 Å². The second-order valence-electron chi connectivity index (χ2n) is 4.93. The first kappa shape index (κ1) is 9.63. The van der Waals surface area contributed by atoms with Crippen LogP contribution >= 0.6 is 0 Å². The number of rotatable bonds is 1. The van der Waals surface area contributed by atoms with Gasteiger partial charge >= 0.3 is 0 Å². The first-order chi connectivity index (χ1) is 7.65. The molecule has 16 heavy (non-hydrogen) atoms. The van der Waals surface area contributed by atoms with E-state index in [0.29, 0.717) is 12.0 Å². The van der Waals surface area contributed by atoms with Crippen LogP contribution in [0.15, 0.2) is 12.3 Å². The topological polar surface area (TPSA) is 56.7 Å². The molecule has 4 nitrogen and oxygen atoms in total. The van der Waals surface area contributed by atoms with Gasteiger partial charge in [0.2, 0.25) is 5.95 Å². The molecule has 1 aliphatic carbocycles. The van der Waals surface area contributed by atoms with E-state index in [1.807, 2.05) is 19.2 Å². The quantitative estimate of drug-likeness (QED) is 0.795. The molecule has 0 aromatic carbocycles. The van der Waals surface area contributed by atoms with E-state index in [0.717, 1.165) is 22.6 Å². The van der Waals surface area contributed by atoms with Crippen molar-refractivity contribution in [3.05, 3.63) is 17.8 Å². The molecule has 2 N–H and O–H groups in total. The van der Waals surface area contributed by atoms with E-state index >= 15 is 0 Å². The fraction of sp³-hybridized carbons (Fsp3) is 0.500. The van der Waals surface area contributed by atoms with Crippen molar-refractivity contribution in [1.29, 1.82) is 0 Å². The predicted octanol–water partition coefficient (Wildman–Crippen LogP) is 2.29. The number of pyridine rings is 1. The fourth-order valence-electron chi connectivity index (χ4n) is 2.53. The number of aromatic nitrogens is 3. The Morgan fingerprint density at radius 3 is 2.88 bits per heavy atom. The van der Waals surface area contributed by atoms with Crippen LogP contribution in [0, 0.1) is 12.8 Å². The summed E-state index contributed by atoms with van der Waals surface area (Å²) in [4.78, 5) is 8.83. The molecule has 0 bridgehead atoms.